The summed E-state index contributed by atoms with van der Waals surface area (Å²) in [5.41, 5.74) is -0.611. The number of hydrogen-bond acceptors (Lipinski definition) is 4. The fourth-order valence-corrected chi connectivity index (χ4v) is 3.04. The van der Waals surface area contributed by atoms with E-state index < -0.39 is 5.60 Å². The standard InChI is InChI=1S/C16H31NO3S/c1-6-16(19-11-8-12-21-7-2)9-10-17(13-16)14(18)20-15(3,4)5/h6-13H2,1-5H3. The Morgan fingerprint density at radius 3 is 2.62 bits per heavy atom. The van der Waals surface area contributed by atoms with Crippen molar-refractivity contribution in [3.8, 4) is 0 Å². The molecule has 0 aromatic carbocycles. The fraction of sp³-hybridized carbons (Fsp3) is 0.938. The van der Waals surface area contributed by atoms with E-state index in [2.05, 4.69) is 13.8 Å². The lowest BCUT2D eigenvalue weighted by Gasteiger charge is -2.29. The molecule has 0 radical (unpaired) electrons. The van der Waals surface area contributed by atoms with Crippen molar-refractivity contribution in [1.29, 1.82) is 0 Å². The zero-order valence-electron chi connectivity index (χ0n) is 14.2. The van der Waals surface area contributed by atoms with Crippen LogP contribution >= 0.6 is 11.8 Å². The zero-order valence-corrected chi connectivity index (χ0v) is 15.1. The molecular formula is C16H31NO3S. The van der Waals surface area contributed by atoms with Crippen LogP contribution in [0.1, 0.15) is 53.9 Å². The van der Waals surface area contributed by atoms with Gasteiger partial charge in [-0.05, 0) is 51.5 Å². The van der Waals surface area contributed by atoms with E-state index in [4.69, 9.17) is 9.47 Å². The van der Waals surface area contributed by atoms with Crippen LogP contribution in [-0.2, 0) is 9.47 Å². The first-order valence-corrected chi connectivity index (χ1v) is 9.17. The van der Waals surface area contributed by atoms with Crippen molar-refractivity contribution in [1.82, 2.24) is 4.90 Å². The van der Waals surface area contributed by atoms with Crippen molar-refractivity contribution in [2.75, 3.05) is 31.2 Å². The molecule has 1 fully saturated rings. The average molecular weight is 317 g/mol. The van der Waals surface area contributed by atoms with Crippen molar-refractivity contribution in [2.45, 2.75) is 65.1 Å². The normalized spacial score (nSPS) is 22.6. The Labute approximate surface area is 133 Å². The summed E-state index contributed by atoms with van der Waals surface area (Å²) in [6.07, 6.45) is 2.70. The highest BCUT2D eigenvalue weighted by Crippen LogP contribution is 2.30. The van der Waals surface area contributed by atoms with E-state index in [0.717, 1.165) is 43.9 Å². The van der Waals surface area contributed by atoms with E-state index >= 15 is 0 Å². The number of rotatable bonds is 7. The minimum Gasteiger partial charge on any atom is -0.444 e. The quantitative estimate of drug-likeness (QED) is 0.667. The monoisotopic (exact) mass is 317 g/mol. The van der Waals surface area contributed by atoms with Crippen LogP contribution in [0.25, 0.3) is 0 Å². The molecule has 0 N–H and O–H groups in total. The van der Waals surface area contributed by atoms with Crippen LogP contribution in [-0.4, -0.2) is 53.4 Å². The van der Waals surface area contributed by atoms with E-state index in [-0.39, 0.29) is 11.7 Å². The molecule has 1 amide bonds. The Hall–Kier alpha value is -0.420. The van der Waals surface area contributed by atoms with Crippen molar-refractivity contribution < 1.29 is 14.3 Å². The summed E-state index contributed by atoms with van der Waals surface area (Å²) in [5.74, 6) is 2.30. The predicted octanol–water partition coefficient (Wildman–Crippen LogP) is 3.94. The first-order valence-electron chi connectivity index (χ1n) is 8.01. The van der Waals surface area contributed by atoms with Crippen LogP contribution in [0.4, 0.5) is 4.79 Å². The van der Waals surface area contributed by atoms with Gasteiger partial charge in [-0.1, -0.05) is 13.8 Å². The largest absolute Gasteiger partial charge is 0.444 e. The van der Waals surface area contributed by atoms with Gasteiger partial charge in [-0.3, -0.25) is 0 Å². The smallest absolute Gasteiger partial charge is 0.410 e. The molecule has 1 unspecified atom stereocenters. The van der Waals surface area contributed by atoms with Crippen LogP contribution in [0.15, 0.2) is 0 Å². The average Bonchev–Trinajstić information content (AvgIpc) is 2.82. The number of carbonyl (C=O) groups excluding carboxylic acids is 1. The maximum absolute atomic E-state index is 12.1. The molecule has 1 heterocycles. The lowest BCUT2D eigenvalue weighted by atomic mass is 10.00. The summed E-state index contributed by atoms with van der Waals surface area (Å²) in [7, 11) is 0. The molecule has 124 valence electrons. The van der Waals surface area contributed by atoms with Crippen molar-refractivity contribution >= 4 is 17.9 Å². The SMILES string of the molecule is CCSCCCOC1(CC)CCN(C(=O)OC(C)(C)C)C1. The number of likely N-dealkylation sites (tertiary alicyclic amines) is 1. The molecule has 0 aliphatic carbocycles. The summed E-state index contributed by atoms with van der Waals surface area (Å²) in [6, 6.07) is 0. The predicted molar refractivity (Wildman–Crippen MR) is 89.0 cm³/mol. The Kier molecular flexibility index (Phi) is 7.34. The molecule has 21 heavy (non-hydrogen) atoms. The zero-order chi connectivity index (χ0) is 15.9. The number of hydrogen-bond donors (Lipinski definition) is 0. The second kappa shape index (κ2) is 8.28. The first-order chi connectivity index (χ1) is 9.82. The van der Waals surface area contributed by atoms with E-state index in [1.54, 1.807) is 4.90 Å². The third-order valence-corrected chi connectivity index (χ3v) is 4.64. The van der Waals surface area contributed by atoms with Gasteiger partial charge in [0, 0.05) is 13.2 Å². The van der Waals surface area contributed by atoms with Crippen LogP contribution in [0.2, 0.25) is 0 Å². The second-order valence-electron chi connectivity index (χ2n) is 6.59. The van der Waals surface area contributed by atoms with Gasteiger partial charge in [0.05, 0.1) is 12.1 Å². The van der Waals surface area contributed by atoms with Crippen molar-refractivity contribution in [3.63, 3.8) is 0 Å². The van der Waals surface area contributed by atoms with Gasteiger partial charge in [-0.2, -0.15) is 11.8 Å². The van der Waals surface area contributed by atoms with Crippen LogP contribution in [0, 0.1) is 0 Å². The minimum absolute atomic E-state index is 0.173. The van der Waals surface area contributed by atoms with Crippen LogP contribution < -0.4 is 0 Å². The van der Waals surface area contributed by atoms with Gasteiger partial charge in [0.15, 0.2) is 0 Å². The van der Waals surface area contributed by atoms with E-state index in [1.807, 2.05) is 32.5 Å². The number of thioether (sulfide) groups is 1. The lowest BCUT2D eigenvalue weighted by Crippen LogP contribution is -2.40. The van der Waals surface area contributed by atoms with Crippen molar-refractivity contribution in [2.24, 2.45) is 0 Å². The highest BCUT2D eigenvalue weighted by atomic mass is 32.2. The van der Waals surface area contributed by atoms with Crippen LogP contribution in [0.5, 0.6) is 0 Å². The van der Waals surface area contributed by atoms with E-state index in [0.29, 0.717) is 6.54 Å². The van der Waals surface area contributed by atoms with E-state index in [9.17, 15) is 4.79 Å². The molecule has 0 aromatic rings. The molecule has 1 aliphatic rings. The maximum Gasteiger partial charge on any atom is 0.410 e. The molecule has 1 aliphatic heterocycles. The summed E-state index contributed by atoms with van der Waals surface area (Å²) in [6.45, 7) is 12.2. The van der Waals surface area contributed by atoms with Gasteiger partial charge in [-0.25, -0.2) is 4.79 Å². The molecule has 5 heteroatoms. The second-order valence-corrected chi connectivity index (χ2v) is 7.98. The number of nitrogens with zero attached hydrogens (tertiary/aromatic N) is 1. The Morgan fingerprint density at radius 1 is 1.33 bits per heavy atom. The molecule has 0 saturated carbocycles. The van der Waals surface area contributed by atoms with Crippen LogP contribution in [0.3, 0.4) is 0 Å². The Morgan fingerprint density at radius 2 is 2.05 bits per heavy atom. The minimum atomic E-state index is -0.438. The summed E-state index contributed by atoms with van der Waals surface area (Å²) in [4.78, 5) is 13.9. The van der Waals surface area contributed by atoms with Gasteiger partial charge in [-0.15, -0.1) is 0 Å². The summed E-state index contributed by atoms with van der Waals surface area (Å²) < 4.78 is 11.6. The molecule has 0 bridgehead atoms. The van der Waals surface area contributed by atoms with Gasteiger partial charge in [0.25, 0.3) is 0 Å². The third-order valence-electron chi connectivity index (χ3n) is 3.66. The van der Waals surface area contributed by atoms with Gasteiger partial charge >= 0.3 is 6.09 Å². The van der Waals surface area contributed by atoms with Gasteiger partial charge in [0.1, 0.15) is 5.60 Å². The molecular weight excluding hydrogens is 286 g/mol. The highest BCUT2D eigenvalue weighted by molar-refractivity contribution is 7.99. The number of carbonyl (C=O) groups is 1. The summed E-state index contributed by atoms with van der Waals surface area (Å²) in [5, 5.41) is 0. The first kappa shape index (κ1) is 18.6. The number of ether oxygens (including phenoxy) is 2. The molecule has 4 nitrogen and oxygen atoms in total. The van der Waals surface area contributed by atoms with Gasteiger partial charge < -0.3 is 14.4 Å². The molecule has 0 spiro atoms. The fourth-order valence-electron chi connectivity index (χ4n) is 2.43. The third kappa shape index (κ3) is 6.47. The Balaban J connectivity index is 2.42. The topological polar surface area (TPSA) is 38.8 Å². The Bertz CT molecular complexity index is 330. The summed E-state index contributed by atoms with van der Waals surface area (Å²) >= 11 is 1.94. The lowest BCUT2D eigenvalue weighted by molar-refractivity contribution is -0.0418. The highest BCUT2D eigenvalue weighted by Gasteiger charge is 2.40. The maximum atomic E-state index is 12.1. The molecule has 1 rings (SSSR count). The van der Waals surface area contributed by atoms with E-state index in [1.165, 1.54) is 0 Å². The molecule has 0 aromatic heterocycles. The molecule has 1 atom stereocenters. The molecule has 1 saturated heterocycles. The van der Waals surface area contributed by atoms with Gasteiger partial charge in [0.2, 0.25) is 0 Å². The van der Waals surface area contributed by atoms with Crippen molar-refractivity contribution in [3.05, 3.63) is 0 Å². The number of amides is 1.